The maximum Gasteiger partial charge on any atom is 0.354 e. The Bertz CT molecular complexity index is 1190. The van der Waals surface area contributed by atoms with Gasteiger partial charge >= 0.3 is 5.97 Å². The number of esters is 1. The number of benzene rings is 1. The molecule has 1 aromatic carbocycles. The zero-order valence-electron chi connectivity index (χ0n) is 20.7. The molecule has 0 saturated carbocycles. The van der Waals surface area contributed by atoms with E-state index in [1.807, 2.05) is 19.0 Å². The molecule has 2 aromatic rings. The topological polar surface area (TPSA) is 112 Å². The van der Waals surface area contributed by atoms with Gasteiger partial charge in [-0.3, -0.25) is 9.59 Å². The van der Waals surface area contributed by atoms with Crippen LogP contribution in [0.15, 0.2) is 42.5 Å². The number of aromatic amines is 1. The van der Waals surface area contributed by atoms with Gasteiger partial charge in [0.15, 0.2) is 0 Å². The Balaban J connectivity index is 2.21. The van der Waals surface area contributed by atoms with E-state index in [4.69, 9.17) is 9.47 Å². The molecule has 3 rings (SSSR count). The predicted octanol–water partition coefficient (Wildman–Crippen LogP) is 2.97. The molecule has 2 N–H and O–H groups in total. The van der Waals surface area contributed by atoms with Crippen LogP contribution in [0.2, 0.25) is 0 Å². The number of carbonyl (C=O) groups is 3. The molecule has 9 heteroatoms. The maximum absolute atomic E-state index is 13.3. The van der Waals surface area contributed by atoms with E-state index in [2.05, 4.69) is 11.6 Å². The Kier molecular flexibility index (Phi) is 7.81. The Morgan fingerprint density at radius 1 is 1.29 bits per heavy atom. The highest BCUT2D eigenvalue weighted by atomic mass is 16.5. The molecule has 1 aliphatic heterocycles. The standard InChI is InChI=1S/C26H31N3O6/c1-7-13-35-18-10-8-9-17(14-18)22-20(24(31)25(32)29(22)12-11-28(4)5)23(30)19-15(2)21(26(33)34-6)27-16(19)3/h7-10,14,22,27,30H,1,11-13H2,2-6H3/b23-20+. The van der Waals surface area contributed by atoms with Gasteiger partial charge < -0.3 is 29.4 Å². The second kappa shape index (κ2) is 10.6. The van der Waals surface area contributed by atoms with Crippen molar-refractivity contribution in [2.75, 3.05) is 40.9 Å². The number of rotatable bonds is 9. The quantitative estimate of drug-likeness (QED) is 0.186. The first kappa shape index (κ1) is 25.8. The van der Waals surface area contributed by atoms with E-state index < -0.39 is 23.7 Å². The number of ketones is 1. The summed E-state index contributed by atoms with van der Waals surface area (Å²) in [5.41, 5.74) is 1.93. The van der Waals surface area contributed by atoms with Gasteiger partial charge in [-0.15, -0.1) is 0 Å². The number of nitrogens with zero attached hydrogens (tertiary/aromatic N) is 2. The van der Waals surface area contributed by atoms with Crippen LogP contribution in [0.3, 0.4) is 0 Å². The first-order valence-electron chi connectivity index (χ1n) is 11.2. The Hall–Kier alpha value is -3.85. The van der Waals surface area contributed by atoms with Crippen molar-refractivity contribution >= 4 is 23.4 Å². The number of hydrogen-bond acceptors (Lipinski definition) is 7. The van der Waals surface area contributed by atoms with Crippen LogP contribution in [-0.2, 0) is 14.3 Å². The molecule has 1 saturated heterocycles. The number of methoxy groups -OCH3 is 1. The number of hydrogen-bond donors (Lipinski definition) is 2. The van der Waals surface area contributed by atoms with Crippen molar-refractivity contribution in [3.63, 3.8) is 0 Å². The van der Waals surface area contributed by atoms with Gasteiger partial charge in [-0.2, -0.15) is 0 Å². The summed E-state index contributed by atoms with van der Waals surface area (Å²) in [5.74, 6) is -1.89. The van der Waals surface area contributed by atoms with Gasteiger partial charge in [0.05, 0.1) is 18.7 Å². The van der Waals surface area contributed by atoms with E-state index in [0.29, 0.717) is 41.3 Å². The highest BCUT2D eigenvalue weighted by molar-refractivity contribution is 6.46. The van der Waals surface area contributed by atoms with Crippen molar-refractivity contribution in [3.05, 3.63) is 70.6 Å². The smallest absolute Gasteiger partial charge is 0.354 e. The van der Waals surface area contributed by atoms with Crippen LogP contribution < -0.4 is 4.74 Å². The summed E-state index contributed by atoms with van der Waals surface area (Å²) in [6.07, 6.45) is 1.62. The van der Waals surface area contributed by atoms with Crippen molar-refractivity contribution in [2.45, 2.75) is 19.9 Å². The van der Waals surface area contributed by atoms with Gasteiger partial charge in [0, 0.05) is 24.3 Å². The predicted molar refractivity (Wildman–Crippen MR) is 131 cm³/mol. The molecule has 1 atom stereocenters. The summed E-state index contributed by atoms with van der Waals surface area (Å²) in [6, 6.07) is 6.22. The first-order chi connectivity index (χ1) is 16.6. The molecule has 0 bridgehead atoms. The van der Waals surface area contributed by atoms with Crippen LogP contribution in [0.25, 0.3) is 5.76 Å². The van der Waals surface area contributed by atoms with Crippen LogP contribution in [-0.4, -0.2) is 78.5 Å². The largest absolute Gasteiger partial charge is 0.507 e. The number of aromatic nitrogens is 1. The SMILES string of the molecule is C=CCOc1cccc(C2/C(=C(\O)c3c(C)[nH]c(C(=O)OC)c3C)C(=O)C(=O)N2CCN(C)C)c1. The van der Waals surface area contributed by atoms with E-state index in [-0.39, 0.29) is 23.6 Å². The number of likely N-dealkylation sites (N-methyl/N-ethyl adjacent to an activating group) is 1. The first-order valence-corrected chi connectivity index (χ1v) is 11.2. The third kappa shape index (κ3) is 5.00. The zero-order chi connectivity index (χ0) is 25.9. The molecule has 1 unspecified atom stereocenters. The zero-order valence-corrected chi connectivity index (χ0v) is 20.7. The van der Waals surface area contributed by atoms with Gasteiger partial charge in [0.1, 0.15) is 23.8 Å². The van der Waals surface area contributed by atoms with Crippen molar-refractivity contribution in [3.8, 4) is 5.75 Å². The molecular formula is C26H31N3O6. The van der Waals surface area contributed by atoms with E-state index in [1.54, 1.807) is 44.2 Å². The molecule has 9 nitrogen and oxygen atoms in total. The molecule has 1 fully saturated rings. The fraction of sp³-hybridized carbons (Fsp3) is 0.346. The minimum Gasteiger partial charge on any atom is -0.507 e. The normalized spacial score (nSPS) is 17.2. The molecule has 1 aromatic heterocycles. The number of aliphatic hydroxyl groups is 1. The molecule has 186 valence electrons. The van der Waals surface area contributed by atoms with Gasteiger partial charge in [0.2, 0.25) is 0 Å². The third-order valence-electron chi connectivity index (χ3n) is 5.93. The molecule has 0 aliphatic carbocycles. The second-order valence-corrected chi connectivity index (χ2v) is 8.58. The van der Waals surface area contributed by atoms with Gasteiger partial charge in [-0.25, -0.2) is 4.79 Å². The molecular weight excluding hydrogens is 450 g/mol. The third-order valence-corrected chi connectivity index (χ3v) is 5.93. The lowest BCUT2D eigenvalue weighted by atomic mass is 9.94. The Morgan fingerprint density at radius 2 is 2.00 bits per heavy atom. The fourth-order valence-corrected chi connectivity index (χ4v) is 4.24. The van der Waals surface area contributed by atoms with Crippen LogP contribution in [0.4, 0.5) is 0 Å². The number of amides is 1. The average Bonchev–Trinajstić information content (AvgIpc) is 3.27. The molecule has 35 heavy (non-hydrogen) atoms. The lowest BCUT2D eigenvalue weighted by Crippen LogP contribution is -2.35. The van der Waals surface area contributed by atoms with Crippen molar-refractivity contribution < 1.29 is 29.0 Å². The molecule has 0 spiro atoms. The maximum atomic E-state index is 13.3. The summed E-state index contributed by atoms with van der Waals surface area (Å²) < 4.78 is 10.5. The summed E-state index contributed by atoms with van der Waals surface area (Å²) in [7, 11) is 5.00. The molecule has 1 aliphatic rings. The minimum atomic E-state index is -0.836. The molecule has 1 amide bonds. The highest BCUT2D eigenvalue weighted by Gasteiger charge is 2.46. The Morgan fingerprint density at radius 3 is 2.63 bits per heavy atom. The minimum absolute atomic E-state index is 0.0451. The number of ether oxygens (including phenoxy) is 2. The van der Waals surface area contributed by atoms with E-state index in [0.717, 1.165) is 0 Å². The number of likely N-dealkylation sites (tertiary alicyclic amines) is 1. The average molecular weight is 482 g/mol. The van der Waals surface area contributed by atoms with Crippen LogP contribution >= 0.6 is 0 Å². The monoisotopic (exact) mass is 481 g/mol. The molecule has 2 heterocycles. The lowest BCUT2D eigenvalue weighted by Gasteiger charge is -2.27. The van der Waals surface area contributed by atoms with Crippen LogP contribution in [0.5, 0.6) is 5.75 Å². The highest BCUT2D eigenvalue weighted by Crippen LogP contribution is 2.41. The van der Waals surface area contributed by atoms with E-state index in [1.165, 1.54) is 12.0 Å². The van der Waals surface area contributed by atoms with Gasteiger partial charge in [0.25, 0.3) is 11.7 Å². The van der Waals surface area contributed by atoms with Gasteiger partial charge in [-0.1, -0.05) is 24.8 Å². The molecule has 0 radical (unpaired) electrons. The number of nitrogens with one attached hydrogen (secondary N) is 1. The summed E-state index contributed by atoms with van der Waals surface area (Å²) in [6.45, 7) is 8.06. The van der Waals surface area contributed by atoms with E-state index in [9.17, 15) is 19.5 Å². The summed E-state index contributed by atoms with van der Waals surface area (Å²) >= 11 is 0. The number of aryl methyl sites for hydroxylation is 1. The fourth-order valence-electron chi connectivity index (χ4n) is 4.24. The second-order valence-electron chi connectivity index (χ2n) is 8.58. The summed E-state index contributed by atoms with van der Waals surface area (Å²) in [5, 5.41) is 11.4. The number of aliphatic hydroxyl groups excluding tert-OH is 1. The van der Waals surface area contributed by atoms with Gasteiger partial charge in [-0.05, 0) is 51.2 Å². The van der Waals surface area contributed by atoms with Crippen LogP contribution in [0.1, 0.15) is 38.9 Å². The number of Topliss-reactive ketones (excluding diaryl/α,β-unsaturated/α-hetero) is 1. The van der Waals surface area contributed by atoms with Crippen molar-refractivity contribution in [2.24, 2.45) is 0 Å². The lowest BCUT2D eigenvalue weighted by molar-refractivity contribution is -0.140. The summed E-state index contributed by atoms with van der Waals surface area (Å²) in [4.78, 5) is 44.8. The number of carbonyl (C=O) groups excluding carboxylic acids is 3. The van der Waals surface area contributed by atoms with Crippen molar-refractivity contribution in [1.29, 1.82) is 0 Å². The Labute approximate surface area is 204 Å². The van der Waals surface area contributed by atoms with Crippen LogP contribution in [0, 0.1) is 13.8 Å². The van der Waals surface area contributed by atoms with Crippen molar-refractivity contribution in [1.82, 2.24) is 14.8 Å². The van der Waals surface area contributed by atoms with E-state index >= 15 is 0 Å². The number of H-pyrrole nitrogens is 1.